The maximum absolute atomic E-state index is 11.9. The number of aromatic nitrogens is 4. The van der Waals surface area contributed by atoms with Crippen LogP contribution >= 0.6 is 11.6 Å². The third-order valence-electron chi connectivity index (χ3n) is 4.14. The zero-order valence-electron chi connectivity index (χ0n) is 13.7. The van der Waals surface area contributed by atoms with Gasteiger partial charge in [-0.2, -0.15) is 5.10 Å². The summed E-state index contributed by atoms with van der Waals surface area (Å²) < 4.78 is 7.22. The number of nitrogens with one attached hydrogen (secondary N) is 2. The molecular weight excluding hydrogens is 330 g/mol. The minimum absolute atomic E-state index is 0.0434. The van der Waals surface area contributed by atoms with Gasteiger partial charge < -0.3 is 10.1 Å². The zero-order valence-corrected chi connectivity index (χ0v) is 14.4. The molecule has 0 aliphatic carbocycles. The van der Waals surface area contributed by atoms with Gasteiger partial charge >= 0.3 is 0 Å². The summed E-state index contributed by atoms with van der Waals surface area (Å²) in [6, 6.07) is 1.53. The summed E-state index contributed by atoms with van der Waals surface area (Å²) in [6.45, 7) is 4.97. The first-order valence-electron chi connectivity index (χ1n) is 8.21. The van der Waals surface area contributed by atoms with Crippen molar-refractivity contribution in [3.63, 3.8) is 0 Å². The third-order valence-corrected chi connectivity index (χ3v) is 4.34. The molecule has 1 saturated heterocycles. The van der Waals surface area contributed by atoms with Gasteiger partial charge in [-0.05, 0) is 18.8 Å². The summed E-state index contributed by atoms with van der Waals surface area (Å²) >= 11 is 5.88. The van der Waals surface area contributed by atoms with Crippen LogP contribution in [0.1, 0.15) is 31.4 Å². The van der Waals surface area contributed by atoms with E-state index in [9.17, 15) is 4.79 Å². The van der Waals surface area contributed by atoms with E-state index in [1.54, 1.807) is 17.1 Å². The average Bonchev–Trinajstić information content (AvgIpc) is 2.98. The molecule has 0 saturated carbocycles. The van der Waals surface area contributed by atoms with Crippen molar-refractivity contribution in [2.24, 2.45) is 5.92 Å². The largest absolute Gasteiger partial charge is 0.381 e. The predicted molar refractivity (Wildman–Crippen MR) is 92.5 cm³/mol. The summed E-state index contributed by atoms with van der Waals surface area (Å²) in [7, 11) is 0. The molecule has 24 heavy (non-hydrogen) atoms. The van der Waals surface area contributed by atoms with Crippen molar-refractivity contribution in [2.45, 2.75) is 32.2 Å². The monoisotopic (exact) mass is 351 g/mol. The maximum Gasteiger partial charge on any atom is 0.252 e. The van der Waals surface area contributed by atoms with Crippen molar-refractivity contribution in [2.75, 3.05) is 25.1 Å². The van der Waals surface area contributed by atoms with E-state index in [1.807, 2.05) is 6.92 Å². The quantitative estimate of drug-likeness (QED) is 0.833. The highest BCUT2D eigenvalue weighted by molar-refractivity contribution is 6.30. The second-order valence-electron chi connectivity index (χ2n) is 6.26. The molecule has 2 aromatic rings. The van der Waals surface area contributed by atoms with E-state index in [0.717, 1.165) is 38.3 Å². The highest BCUT2D eigenvalue weighted by atomic mass is 35.5. The van der Waals surface area contributed by atoms with E-state index < -0.39 is 0 Å². The molecule has 130 valence electrons. The van der Waals surface area contributed by atoms with Crippen molar-refractivity contribution in [1.82, 2.24) is 19.7 Å². The van der Waals surface area contributed by atoms with E-state index in [-0.39, 0.29) is 11.5 Å². The van der Waals surface area contributed by atoms with Gasteiger partial charge in [0.15, 0.2) is 0 Å². The average molecular weight is 352 g/mol. The minimum Gasteiger partial charge on any atom is -0.381 e. The lowest BCUT2D eigenvalue weighted by molar-refractivity contribution is 0.0594. The number of rotatable bonds is 6. The van der Waals surface area contributed by atoms with Crippen LogP contribution in [-0.2, 0) is 11.3 Å². The molecule has 7 nitrogen and oxygen atoms in total. The summed E-state index contributed by atoms with van der Waals surface area (Å²) in [5, 5.41) is 7.99. The lowest BCUT2D eigenvalue weighted by Crippen LogP contribution is -2.26. The molecule has 2 atom stereocenters. The molecule has 2 aromatic heterocycles. The molecule has 3 heterocycles. The smallest absolute Gasteiger partial charge is 0.252 e. The topological polar surface area (TPSA) is 84.8 Å². The van der Waals surface area contributed by atoms with Crippen molar-refractivity contribution < 1.29 is 4.74 Å². The van der Waals surface area contributed by atoms with Crippen LogP contribution in [0.25, 0.3) is 0 Å². The molecule has 0 aromatic carbocycles. The van der Waals surface area contributed by atoms with Gasteiger partial charge in [0.1, 0.15) is 0 Å². The van der Waals surface area contributed by atoms with Gasteiger partial charge in [-0.3, -0.25) is 14.5 Å². The molecule has 0 amide bonds. The van der Waals surface area contributed by atoms with Gasteiger partial charge in [-0.25, -0.2) is 4.98 Å². The molecule has 2 N–H and O–H groups in total. The number of hydrogen-bond donors (Lipinski definition) is 2. The van der Waals surface area contributed by atoms with Gasteiger partial charge in [0, 0.05) is 37.9 Å². The molecule has 0 radical (unpaired) electrons. The van der Waals surface area contributed by atoms with Crippen LogP contribution in [0.3, 0.4) is 0 Å². The van der Waals surface area contributed by atoms with Crippen molar-refractivity contribution >= 4 is 17.5 Å². The maximum atomic E-state index is 11.9. The molecule has 0 spiro atoms. The van der Waals surface area contributed by atoms with Gasteiger partial charge in [0.05, 0.1) is 23.5 Å². The Morgan fingerprint density at radius 3 is 3.17 bits per heavy atom. The van der Waals surface area contributed by atoms with Gasteiger partial charge in [0.2, 0.25) is 5.95 Å². The van der Waals surface area contributed by atoms with E-state index in [0.29, 0.717) is 23.4 Å². The highest BCUT2D eigenvalue weighted by Crippen LogP contribution is 2.17. The SMILES string of the molecule is C[C@@H](Cn1cc(Cl)cn1)c1cc(=O)[nH]c(NC[C@H]2CCCOC2)n1. The Morgan fingerprint density at radius 2 is 2.46 bits per heavy atom. The van der Waals surface area contributed by atoms with Crippen LogP contribution in [0.2, 0.25) is 5.02 Å². The number of H-pyrrole nitrogens is 1. The normalized spacial score (nSPS) is 19.2. The Morgan fingerprint density at radius 1 is 1.58 bits per heavy atom. The molecule has 1 fully saturated rings. The van der Waals surface area contributed by atoms with E-state index in [4.69, 9.17) is 16.3 Å². The van der Waals surface area contributed by atoms with Crippen molar-refractivity contribution in [3.8, 4) is 0 Å². The number of aromatic amines is 1. The molecule has 0 bridgehead atoms. The Balaban J connectivity index is 1.65. The van der Waals surface area contributed by atoms with E-state index in [1.165, 1.54) is 6.07 Å². The fourth-order valence-corrected chi connectivity index (χ4v) is 2.99. The molecule has 3 rings (SSSR count). The molecule has 0 unspecified atom stereocenters. The Bertz CT molecular complexity index is 723. The first-order chi connectivity index (χ1) is 11.6. The van der Waals surface area contributed by atoms with Crippen LogP contribution in [0.5, 0.6) is 0 Å². The number of anilines is 1. The lowest BCUT2D eigenvalue weighted by Gasteiger charge is -2.22. The third kappa shape index (κ3) is 4.58. The van der Waals surface area contributed by atoms with E-state index >= 15 is 0 Å². The highest BCUT2D eigenvalue weighted by Gasteiger charge is 2.15. The fourth-order valence-electron chi connectivity index (χ4n) is 2.83. The Labute approximate surface area is 145 Å². The minimum atomic E-state index is -0.159. The van der Waals surface area contributed by atoms with Crippen LogP contribution in [0.15, 0.2) is 23.3 Å². The number of nitrogens with zero attached hydrogens (tertiary/aromatic N) is 3. The number of hydrogen-bond acceptors (Lipinski definition) is 5. The van der Waals surface area contributed by atoms with Crippen LogP contribution in [0, 0.1) is 5.92 Å². The van der Waals surface area contributed by atoms with Crippen LogP contribution < -0.4 is 10.9 Å². The van der Waals surface area contributed by atoms with Crippen LogP contribution in [-0.4, -0.2) is 39.5 Å². The Kier molecular flexibility index (Phi) is 5.52. The van der Waals surface area contributed by atoms with Crippen molar-refractivity contribution in [1.29, 1.82) is 0 Å². The first kappa shape index (κ1) is 17.0. The first-order valence-corrected chi connectivity index (χ1v) is 8.59. The second kappa shape index (κ2) is 7.81. The molecular formula is C16H22ClN5O2. The van der Waals surface area contributed by atoms with Gasteiger partial charge in [0.25, 0.3) is 5.56 Å². The second-order valence-corrected chi connectivity index (χ2v) is 6.70. The van der Waals surface area contributed by atoms with Gasteiger partial charge in [-0.15, -0.1) is 0 Å². The van der Waals surface area contributed by atoms with Crippen molar-refractivity contribution in [3.05, 3.63) is 39.5 Å². The fraction of sp³-hybridized carbons (Fsp3) is 0.562. The number of ether oxygens (including phenoxy) is 1. The predicted octanol–water partition coefficient (Wildman–Crippen LogP) is 2.26. The van der Waals surface area contributed by atoms with Gasteiger partial charge in [-0.1, -0.05) is 18.5 Å². The molecule has 1 aliphatic rings. The summed E-state index contributed by atoms with van der Waals surface area (Å²) in [6.07, 6.45) is 5.57. The Hall–Kier alpha value is -1.86. The number of halogens is 1. The molecule has 1 aliphatic heterocycles. The summed E-state index contributed by atoms with van der Waals surface area (Å²) in [4.78, 5) is 19.2. The molecule has 8 heteroatoms. The summed E-state index contributed by atoms with van der Waals surface area (Å²) in [5.41, 5.74) is 0.570. The lowest BCUT2D eigenvalue weighted by atomic mass is 10.0. The standard InChI is InChI=1S/C16H22ClN5O2/c1-11(8-22-9-13(17)7-19-22)14-5-15(23)21-16(20-14)18-6-12-3-2-4-24-10-12/h5,7,9,11-12H,2-4,6,8,10H2,1H3,(H2,18,20,21,23)/t11-,12+/m0/s1. The summed E-state index contributed by atoms with van der Waals surface area (Å²) in [5.74, 6) is 1.01. The van der Waals surface area contributed by atoms with E-state index in [2.05, 4.69) is 20.4 Å². The zero-order chi connectivity index (χ0) is 16.9. The van der Waals surface area contributed by atoms with Crippen LogP contribution in [0.4, 0.5) is 5.95 Å².